The highest BCUT2D eigenvalue weighted by Gasteiger charge is 2.19. The van der Waals surface area contributed by atoms with E-state index in [1.807, 2.05) is 0 Å². The van der Waals surface area contributed by atoms with Crippen molar-refractivity contribution in [1.82, 2.24) is 0 Å². The number of hydrogen-bond acceptors (Lipinski definition) is 0. The van der Waals surface area contributed by atoms with Crippen molar-refractivity contribution in [2.75, 3.05) is 0 Å². The first-order valence-corrected chi connectivity index (χ1v) is 7.77. The van der Waals surface area contributed by atoms with Gasteiger partial charge < -0.3 is 0 Å². The van der Waals surface area contributed by atoms with E-state index in [0.29, 0.717) is 11.8 Å². The first-order chi connectivity index (χ1) is 9.52. The maximum atomic E-state index is 6.83. The van der Waals surface area contributed by atoms with Gasteiger partial charge in [-0.25, -0.2) is 0 Å². The summed E-state index contributed by atoms with van der Waals surface area (Å²) >= 11 is 6.83. The minimum atomic E-state index is -0.0767. The fraction of sp³-hybridized carbons (Fsp3) is 0.368. The molecular formula is C19H23Cl. The van der Waals surface area contributed by atoms with Crippen LogP contribution < -0.4 is 0 Å². The Morgan fingerprint density at radius 1 is 0.600 bits per heavy atom. The van der Waals surface area contributed by atoms with Crippen molar-refractivity contribution in [1.29, 1.82) is 0 Å². The van der Waals surface area contributed by atoms with Gasteiger partial charge in [-0.1, -0.05) is 76.2 Å². The Labute approximate surface area is 127 Å². The topological polar surface area (TPSA) is 0 Å². The first-order valence-electron chi connectivity index (χ1n) is 7.34. The molecule has 0 atom stereocenters. The first kappa shape index (κ1) is 15.1. The molecule has 0 spiro atoms. The SMILES string of the molecule is CC(C)c1ccccc1C(Cl)c1ccccc1C(C)C. The maximum Gasteiger partial charge on any atom is 0.0840 e. The number of rotatable bonds is 4. The molecule has 0 N–H and O–H groups in total. The molecule has 0 saturated carbocycles. The standard InChI is InChI=1S/C19H23Cl/c1-13(2)15-9-5-7-11-17(15)19(20)18-12-8-6-10-16(18)14(3)4/h5-14,19H,1-4H3. The van der Waals surface area contributed by atoms with Crippen LogP contribution in [0, 0.1) is 0 Å². The molecule has 2 aromatic rings. The molecule has 0 aliphatic carbocycles. The molecule has 0 aliphatic rings. The summed E-state index contributed by atoms with van der Waals surface area (Å²) in [7, 11) is 0. The van der Waals surface area contributed by atoms with Crippen LogP contribution in [0.25, 0.3) is 0 Å². The molecule has 0 aliphatic heterocycles. The zero-order valence-corrected chi connectivity index (χ0v) is 13.5. The second-order valence-electron chi connectivity index (χ2n) is 5.93. The Balaban J connectivity index is 2.50. The molecule has 2 aromatic carbocycles. The highest BCUT2D eigenvalue weighted by atomic mass is 35.5. The molecule has 0 amide bonds. The molecule has 106 valence electrons. The van der Waals surface area contributed by atoms with E-state index in [0.717, 1.165) is 0 Å². The second kappa shape index (κ2) is 6.45. The van der Waals surface area contributed by atoms with Crippen molar-refractivity contribution >= 4 is 11.6 Å². The average Bonchev–Trinajstić information content (AvgIpc) is 2.46. The van der Waals surface area contributed by atoms with Crippen molar-refractivity contribution in [3.63, 3.8) is 0 Å². The third kappa shape index (κ3) is 3.07. The molecule has 20 heavy (non-hydrogen) atoms. The zero-order valence-electron chi connectivity index (χ0n) is 12.7. The van der Waals surface area contributed by atoms with Gasteiger partial charge in [0.05, 0.1) is 5.38 Å². The third-order valence-corrected chi connectivity index (χ3v) is 4.25. The molecule has 0 nitrogen and oxygen atoms in total. The van der Waals surface area contributed by atoms with Crippen LogP contribution in [0.15, 0.2) is 48.5 Å². The van der Waals surface area contributed by atoms with E-state index in [-0.39, 0.29) is 5.38 Å². The molecule has 0 bridgehead atoms. The van der Waals surface area contributed by atoms with Gasteiger partial charge in [-0.15, -0.1) is 11.6 Å². The van der Waals surface area contributed by atoms with E-state index in [2.05, 4.69) is 76.2 Å². The fourth-order valence-corrected chi connectivity index (χ4v) is 3.10. The summed E-state index contributed by atoms with van der Waals surface area (Å²) in [6.07, 6.45) is 0. The minimum absolute atomic E-state index is 0.0767. The van der Waals surface area contributed by atoms with Crippen LogP contribution in [0.5, 0.6) is 0 Å². The minimum Gasteiger partial charge on any atom is -0.113 e. The third-order valence-electron chi connectivity index (χ3n) is 3.78. The van der Waals surface area contributed by atoms with Crippen LogP contribution >= 0.6 is 11.6 Å². The van der Waals surface area contributed by atoms with Gasteiger partial charge in [-0.2, -0.15) is 0 Å². The summed E-state index contributed by atoms with van der Waals surface area (Å²) in [5.41, 5.74) is 5.15. The lowest BCUT2D eigenvalue weighted by molar-refractivity contribution is 0.825. The van der Waals surface area contributed by atoms with Crippen molar-refractivity contribution in [2.45, 2.75) is 44.9 Å². The summed E-state index contributed by atoms with van der Waals surface area (Å²) in [5.74, 6) is 0.970. The van der Waals surface area contributed by atoms with Crippen LogP contribution in [0.4, 0.5) is 0 Å². The van der Waals surface area contributed by atoms with Crippen LogP contribution in [-0.2, 0) is 0 Å². The van der Waals surface area contributed by atoms with E-state index >= 15 is 0 Å². The Morgan fingerprint density at radius 3 is 1.20 bits per heavy atom. The van der Waals surface area contributed by atoms with E-state index < -0.39 is 0 Å². The van der Waals surface area contributed by atoms with E-state index in [1.165, 1.54) is 22.3 Å². The Kier molecular flexibility index (Phi) is 4.88. The summed E-state index contributed by atoms with van der Waals surface area (Å²) < 4.78 is 0. The van der Waals surface area contributed by atoms with Gasteiger partial charge in [0.15, 0.2) is 0 Å². The van der Waals surface area contributed by atoms with Crippen LogP contribution in [0.1, 0.15) is 67.2 Å². The molecule has 0 fully saturated rings. The largest absolute Gasteiger partial charge is 0.113 e. The lowest BCUT2D eigenvalue weighted by atomic mass is 9.88. The zero-order chi connectivity index (χ0) is 14.7. The molecular weight excluding hydrogens is 264 g/mol. The number of alkyl halides is 1. The second-order valence-corrected chi connectivity index (χ2v) is 6.37. The average molecular weight is 287 g/mol. The number of benzene rings is 2. The monoisotopic (exact) mass is 286 g/mol. The highest BCUT2D eigenvalue weighted by Crippen LogP contribution is 2.37. The summed E-state index contributed by atoms with van der Waals surface area (Å²) in [5, 5.41) is -0.0767. The van der Waals surface area contributed by atoms with Gasteiger partial charge in [0.1, 0.15) is 0 Å². The normalized spacial score (nSPS) is 11.6. The fourth-order valence-electron chi connectivity index (χ4n) is 2.70. The highest BCUT2D eigenvalue weighted by molar-refractivity contribution is 6.22. The van der Waals surface area contributed by atoms with Crippen molar-refractivity contribution in [2.24, 2.45) is 0 Å². The molecule has 0 unspecified atom stereocenters. The van der Waals surface area contributed by atoms with Crippen molar-refractivity contribution < 1.29 is 0 Å². The smallest absolute Gasteiger partial charge is 0.0840 e. The number of halogens is 1. The summed E-state index contributed by atoms with van der Waals surface area (Å²) in [6, 6.07) is 17.0. The van der Waals surface area contributed by atoms with Gasteiger partial charge in [-0.3, -0.25) is 0 Å². The molecule has 0 heterocycles. The Bertz CT molecular complexity index is 518. The van der Waals surface area contributed by atoms with Crippen molar-refractivity contribution in [3.05, 3.63) is 70.8 Å². The van der Waals surface area contributed by atoms with Gasteiger partial charge in [0.25, 0.3) is 0 Å². The van der Waals surface area contributed by atoms with Gasteiger partial charge >= 0.3 is 0 Å². The summed E-state index contributed by atoms with van der Waals surface area (Å²) in [6.45, 7) is 8.88. The number of hydrogen-bond donors (Lipinski definition) is 0. The predicted octanol–water partition coefficient (Wildman–Crippen LogP) is 6.26. The van der Waals surface area contributed by atoms with E-state index in [1.54, 1.807) is 0 Å². The molecule has 2 rings (SSSR count). The van der Waals surface area contributed by atoms with Gasteiger partial charge in [0.2, 0.25) is 0 Å². The molecule has 0 radical (unpaired) electrons. The van der Waals surface area contributed by atoms with Crippen LogP contribution in [0.3, 0.4) is 0 Å². The maximum absolute atomic E-state index is 6.83. The lowest BCUT2D eigenvalue weighted by Gasteiger charge is -2.21. The molecule has 0 aromatic heterocycles. The summed E-state index contributed by atoms with van der Waals surface area (Å²) in [4.78, 5) is 0. The quantitative estimate of drug-likeness (QED) is 0.582. The van der Waals surface area contributed by atoms with Gasteiger partial charge in [0, 0.05) is 0 Å². The van der Waals surface area contributed by atoms with Crippen LogP contribution in [-0.4, -0.2) is 0 Å². The van der Waals surface area contributed by atoms with Crippen LogP contribution in [0.2, 0.25) is 0 Å². The van der Waals surface area contributed by atoms with Crippen molar-refractivity contribution in [3.8, 4) is 0 Å². The van der Waals surface area contributed by atoms with Gasteiger partial charge in [-0.05, 0) is 34.1 Å². The predicted molar refractivity (Wildman–Crippen MR) is 88.8 cm³/mol. The van der Waals surface area contributed by atoms with E-state index in [9.17, 15) is 0 Å². The molecule has 0 saturated heterocycles. The Morgan fingerprint density at radius 2 is 0.900 bits per heavy atom. The molecule has 1 heteroatoms. The lowest BCUT2D eigenvalue weighted by Crippen LogP contribution is -2.04. The Hall–Kier alpha value is -1.27. The van der Waals surface area contributed by atoms with E-state index in [4.69, 9.17) is 11.6 Å².